The number of halogens is 1. The van der Waals surface area contributed by atoms with Gasteiger partial charge in [-0.3, -0.25) is 4.90 Å². The molecule has 0 aliphatic carbocycles. The number of hydrogen-bond acceptors (Lipinski definition) is 3. The fourth-order valence-electron chi connectivity index (χ4n) is 2.10. The highest BCUT2D eigenvalue weighted by atomic mass is 79.9. The lowest BCUT2D eigenvalue weighted by Gasteiger charge is -2.32. The summed E-state index contributed by atoms with van der Waals surface area (Å²) in [6, 6.07) is 6.15. The zero-order valence-corrected chi connectivity index (χ0v) is 11.7. The monoisotopic (exact) mass is 298 g/mol. The van der Waals surface area contributed by atoms with Crippen LogP contribution >= 0.6 is 15.9 Å². The molecule has 3 nitrogen and oxygen atoms in total. The van der Waals surface area contributed by atoms with E-state index in [1.807, 2.05) is 6.07 Å². The first kappa shape index (κ1) is 12.9. The van der Waals surface area contributed by atoms with Gasteiger partial charge in [0.2, 0.25) is 0 Å². The van der Waals surface area contributed by atoms with Gasteiger partial charge in [0, 0.05) is 29.8 Å². The SMILES string of the molecule is CCC1CN(Cc2ccc(N)c(Br)c2)CCO1. The third kappa shape index (κ3) is 3.44. The van der Waals surface area contributed by atoms with Crippen molar-refractivity contribution in [1.29, 1.82) is 0 Å². The molecule has 1 aromatic rings. The lowest BCUT2D eigenvalue weighted by Crippen LogP contribution is -2.41. The fraction of sp³-hybridized carbons (Fsp3) is 0.538. The Morgan fingerprint density at radius 3 is 3.06 bits per heavy atom. The molecule has 0 radical (unpaired) electrons. The van der Waals surface area contributed by atoms with E-state index < -0.39 is 0 Å². The first-order chi connectivity index (χ1) is 8.19. The first-order valence-electron chi connectivity index (χ1n) is 6.07. The molecule has 2 rings (SSSR count). The highest BCUT2D eigenvalue weighted by molar-refractivity contribution is 9.10. The number of nitrogens with zero attached hydrogens (tertiary/aromatic N) is 1. The van der Waals surface area contributed by atoms with Crippen LogP contribution in [-0.4, -0.2) is 30.7 Å². The molecule has 1 unspecified atom stereocenters. The van der Waals surface area contributed by atoms with Gasteiger partial charge in [-0.25, -0.2) is 0 Å². The molecule has 0 spiro atoms. The van der Waals surface area contributed by atoms with Crippen LogP contribution in [-0.2, 0) is 11.3 Å². The van der Waals surface area contributed by atoms with Gasteiger partial charge in [-0.2, -0.15) is 0 Å². The maximum Gasteiger partial charge on any atom is 0.0700 e. The van der Waals surface area contributed by atoms with Gasteiger partial charge < -0.3 is 10.5 Å². The number of ether oxygens (including phenoxy) is 1. The molecule has 1 saturated heterocycles. The molecular weight excluding hydrogens is 280 g/mol. The Morgan fingerprint density at radius 1 is 1.53 bits per heavy atom. The van der Waals surface area contributed by atoms with Crippen molar-refractivity contribution in [3.8, 4) is 0 Å². The predicted molar refractivity (Wildman–Crippen MR) is 73.9 cm³/mol. The fourth-order valence-corrected chi connectivity index (χ4v) is 2.52. The van der Waals surface area contributed by atoms with E-state index in [9.17, 15) is 0 Å². The minimum Gasteiger partial charge on any atom is -0.398 e. The highest BCUT2D eigenvalue weighted by Gasteiger charge is 2.18. The Labute approximate surface area is 111 Å². The number of nitrogens with two attached hydrogens (primary N) is 1. The Morgan fingerprint density at radius 2 is 2.35 bits per heavy atom. The standard InChI is InChI=1S/C13H19BrN2O/c1-2-11-9-16(5-6-17-11)8-10-3-4-13(15)12(14)7-10/h3-4,7,11H,2,5-6,8-9,15H2,1H3. The Hall–Kier alpha value is -0.580. The van der Waals surface area contributed by atoms with Crippen molar-refractivity contribution in [3.05, 3.63) is 28.2 Å². The Balaban J connectivity index is 1.97. The molecule has 1 atom stereocenters. The molecule has 2 N–H and O–H groups in total. The smallest absolute Gasteiger partial charge is 0.0700 e. The quantitative estimate of drug-likeness (QED) is 0.872. The minimum atomic E-state index is 0.390. The number of nitrogen functional groups attached to an aromatic ring is 1. The summed E-state index contributed by atoms with van der Waals surface area (Å²) in [5.41, 5.74) is 7.87. The summed E-state index contributed by atoms with van der Waals surface area (Å²) in [4.78, 5) is 2.44. The van der Waals surface area contributed by atoms with Crippen LogP contribution in [0.1, 0.15) is 18.9 Å². The largest absolute Gasteiger partial charge is 0.398 e. The highest BCUT2D eigenvalue weighted by Crippen LogP contribution is 2.22. The summed E-state index contributed by atoms with van der Waals surface area (Å²) in [7, 11) is 0. The lowest BCUT2D eigenvalue weighted by atomic mass is 10.1. The number of morpholine rings is 1. The Kier molecular flexibility index (Phi) is 4.42. The molecule has 94 valence electrons. The van der Waals surface area contributed by atoms with Gasteiger partial charge >= 0.3 is 0 Å². The van der Waals surface area contributed by atoms with Crippen molar-refractivity contribution in [3.63, 3.8) is 0 Å². The molecule has 1 aliphatic rings. The van der Waals surface area contributed by atoms with Crippen molar-refractivity contribution in [2.24, 2.45) is 0 Å². The average Bonchev–Trinajstić information content (AvgIpc) is 2.34. The molecule has 4 heteroatoms. The van der Waals surface area contributed by atoms with Crippen molar-refractivity contribution in [1.82, 2.24) is 4.90 Å². The normalized spacial score (nSPS) is 21.6. The number of benzene rings is 1. The molecular formula is C13H19BrN2O. The van der Waals surface area contributed by atoms with E-state index in [2.05, 4.69) is 39.9 Å². The maximum absolute atomic E-state index is 5.78. The third-order valence-corrected chi connectivity index (χ3v) is 3.84. The van der Waals surface area contributed by atoms with Crippen molar-refractivity contribution < 1.29 is 4.74 Å². The van der Waals surface area contributed by atoms with E-state index in [0.717, 1.165) is 42.8 Å². The van der Waals surface area contributed by atoms with Gasteiger partial charge in [0.15, 0.2) is 0 Å². The van der Waals surface area contributed by atoms with Crippen LogP contribution in [0.4, 0.5) is 5.69 Å². The molecule has 17 heavy (non-hydrogen) atoms. The van der Waals surface area contributed by atoms with Crippen LogP contribution in [0.15, 0.2) is 22.7 Å². The van der Waals surface area contributed by atoms with Gasteiger partial charge in [-0.1, -0.05) is 13.0 Å². The van der Waals surface area contributed by atoms with Crippen molar-refractivity contribution in [2.75, 3.05) is 25.4 Å². The third-order valence-electron chi connectivity index (χ3n) is 3.15. The van der Waals surface area contributed by atoms with Gasteiger partial charge in [-0.05, 0) is 40.0 Å². The van der Waals surface area contributed by atoms with Crippen LogP contribution in [0.3, 0.4) is 0 Å². The van der Waals surface area contributed by atoms with E-state index in [-0.39, 0.29) is 0 Å². The first-order valence-corrected chi connectivity index (χ1v) is 6.86. The van der Waals surface area contributed by atoms with Crippen LogP contribution in [0.2, 0.25) is 0 Å². The van der Waals surface area contributed by atoms with Crippen LogP contribution in [0, 0.1) is 0 Å². The van der Waals surface area contributed by atoms with Crippen LogP contribution in [0.5, 0.6) is 0 Å². The van der Waals surface area contributed by atoms with Gasteiger partial charge in [0.05, 0.1) is 12.7 Å². The van der Waals surface area contributed by atoms with Gasteiger partial charge in [0.25, 0.3) is 0 Å². The van der Waals surface area contributed by atoms with E-state index in [4.69, 9.17) is 10.5 Å². The zero-order valence-electron chi connectivity index (χ0n) is 10.2. The molecule has 1 heterocycles. The second-order valence-electron chi connectivity index (χ2n) is 4.49. The number of hydrogen-bond donors (Lipinski definition) is 1. The summed E-state index contributed by atoms with van der Waals surface area (Å²) >= 11 is 3.47. The second kappa shape index (κ2) is 5.85. The Bertz CT molecular complexity index is 384. The molecule has 1 aromatic carbocycles. The lowest BCUT2D eigenvalue weighted by molar-refractivity contribution is -0.0324. The summed E-state index contributed by atoms with van der Waals surface area (Å²) in [6.45, 7) is 6.03. The summed E-state index contributed by atoms with van der Waals surface area (Å²) in [5, 5.41) is 0. The summed E-state index contributed by atoms with van der Waals surface area (Å²) in [5.74, 6) is 0. The van der Waals surface area contributed by atoms with E-state index >= 15 is 0 Å². The average molecular weight is 299 g/mol. The van der Waals surface area contributed by atoms with Crippen LogP contribution < -0.4 is 5.73 Å². The van der Waals surface area contributed by atoms with E-state index in [1.54, 1.807) is 0 Å². The van der Waals surface area contributed by atoms with E-state index in [0.29, 0.717) is 6.10 Å². The molecule has 0 bridgehead atoms. The molecule has 0 saturated carbocycles. The van der Waals surface area contributed by atoms with Crippen molar-refractivity contribution in [2.45, 2.75) is 26.0 Å². The second-order valence-corrected chi connectivity index (χ2v) is 5.35. The molecule has 1 fully saturated rings. The van der Waals surface area contributed by atoms with Gasteiger partial charge in [0.1, 0.15) is 0 Å². The minimum absolute atomic E-state index is 0.390. The summed E-state index contributed by atoms with van der Waals surface area (Å²) < 4.78 is 6.65. The maximum atomic E-state index is 5.78. The summed E-state index contributed by atoms with van der Waals surface area (Å²) in [6.07, 6.45) is 1.48. The topological polar surface area (TPSA) is 38.5 Å². The van der Waals surface area contributed by atoms with Crippen LogP contribution in [0.25, 0.3) is 0 Å². The molecule has 0 aromatic heterocycles. The molecule has 0 amide bonds. The van der Waals surface area contributed by atoms with Crippen molar-refractivity contribution >= 4 is 21.6 Å². The number of rotatable bonds is 3. The number of anilines is 1. The predicted octanol–water partition coefficient (Wildman–Crippen LogP) is 2.64. The van der Waals surface area contributed by atoms with E-state index in [1.165, 1.54) is 5.56 Å². The molecule has 1 aliphatic heterocycles. The zero-order chi connectivity index (χ0) is 12.3. The van der Waals surface area contributed by atoms with Gasteiger partial charge in [-0.15, -0.1) is 0 Å².